The summed E-state index contributed by atoms with van der Waals surface area (Å²) in [5, 5.41) is 4.49. The summed E-state index contributed by atoms with van der Waals surface area (Å²) in [7, 11) is 2.19. The Bertz CT molecular complexity index is 427. The van der Waals surface area contributed by atoms with E-state index in [0.29, 0.717) is 12.0 Å². The number of nitrogens with one attached hydrogen (secondary N) is 1. The van der Waals surface area contributed by atoms with Crippen LogP contribution in [0, 0.1) is 0 Å². The van der Waals surface area contributed by atoms with E-state index in [4.69, 9.17) is 11.6 Å². The zero-order valence-electron chi connectivity index (χ0n) is 11.0. The molecule has 0 radical (unpaired) electrons. The molecule has 3 rings (SSSR count). The van der Waals surface area contributed by atoms with Gasteiger partial charge in [0.15, 0.2) is 0 Å². The topological polar surface area (TPSA) is 15.3 Å². The highest BCUT2D eigenvalue weighted by Gasteiger charge is 2.24. The molecule has 2 fully saturated rings. The van der Waals surface area contributed by atoms with E-state index in [9.17, 15) is 0 Å². The summed E-state index contributed by atoms with van der Waals surface area (Å²) in [6.07, 6.45) is 3.75. The van der Waals surface area contributed by atoms with Gasteiger partial charge in [-0.2, -0.15) is 0 Å². The molecule has 2 saturated heterocycles. The first-order valence-electron chi connectivity index (χ1n) is 6.95. The molecule has 0 bridgehead atoms. The van der Waals surface area contributed by atoms with Crippen LogP contribution in [0.25, 0.3) is 0 Å². The van der Waals surface area contributed by atoms with Gasteiger partial charge in [0.05, 0.1) is 0 Å². The highest BCUT2D eigenvalue weighted by Crippen LogP contribution is 2.34. The summed E-state index contributed by atoms with van der Waals surface area (Å²) < 4.78 is 0. The van der Waals surface area contributed by atoms with Gasteiger partial charge in [0.25, 0.3) is 0 Å². The van der Waals surface area contributed by atoms with Gasteiger partial charge in [-0.3, -0.25) is 0 Å². The third-order valence-electron chi connectivity index (χ3n) is 4.32. The molecule has 1 aromatic carbocycles. The van der Waals surface area contributed by atoms with Crippen molar-refractivity contribution in [2.45, 2.75) is 31.2 Å². The van der Waals surface area contributed by atoms with Gasteiger partial charge >= 0.3 is 0 Å². The normalized spacial score (nSPS) is 29.0. The summed E-state index contributed by atoms with van der Waals surface area (Å²) in [4.78, 5) is 2.38. The Morgan fingerprint density at radius 3 is 2.83 bits per heavy atom. The second-order valence-corrected chi connectivity index (χ2v) is 6.08. The predicted octanol–water partition coefficient (Wildman–Crippen LogP) is 3.18. The second-order valence-electron chi connectivity index (χ2n) is 5.68. The van der Waals surface area contributed by atoms with Gasteiger partial charge in [0.2, 0.25) is 0 Å². The van der Waals surface area contributed by atoms with Crippen LogP contribution >= 0.6 is 11.6 Å². The molecule has 0 saturated carbocycles. The fourth-order valence-corrected chi connectivity index (χ4v) is 3.59. The van der Waals surface area contributed by atoms with Crippen LogP contribution in [0.4, 0.5) is 0 Å². The summed E-state index contributed by atoms with van der Waals surface area (Å²) >= 11 is 6.49. The van der Waals surface area contributed by atoms with Gasteiger partial charge < -0.3 is 10.2 Å². The minimum absolute atomic E-state index is 0.516. The Balaban J connectivity index is 1.80. The van der Waals surface area contributed by atoms with E-state index in [2.05, 4.69) is 35.5 Å². The van der Waals surface area contributed by atoms with Crippen molar-refractivity contribution in [3.05, 3.63) is 34.3 Å². The van der Waals surface area contributed by atoms with Gasteiger partial charge in [-0.05, 0) is 62.5 Å². The quantitative estimate of drug-likeness (QED) is 0.883. The molecule has 0 amide bonds. The lowest BCUT2D eigenvalue weighted by atomic mass is 9.95. The van der Waals surface area contributed by atoms with Crippen molar-refractivity contribution in [2.24, 2.45) is 0 Å². The van der Waals surface area contributed by atoms with E-state index in [1.165, 1.54) is 36.9 Å². The maximum absolute atomic E-state index is 6.49. The lowest BCUT2D eigenvalue weighted by molar-refractivity contribution is 0.411. The molecule has 0 spiro atoms. The number of nitrogens with zero attached hydrogens (tertiary/aromatic N) is 1. The Morgan fingerprint density at radius 2 is 2.22 bits per heavy atom. The zero-order chi connectivity index (χ0) is 12.5. The first-order chi connectivity index (χ1) is 8.74. The van der Waals surface area contributed by atoms with Crippen molar-refractivity contribution in [1.29, 1.82) is 0 Å². The number of hydrogen-bond acceptors (Lipinski definition) is 2. The average molecular weight is 265 g/mol. The fraction of sp³-hybridized carbons (Fsp3) is 0.600. The van der Waals surface area contributed by atoms with E-state index in [1.807, 2.05) is 0 Å². The summed E-state index contributed by atoms with van der Waals surface area (Å²) in [5.74, 6) is 0.619. The minimum Gasteiger partial charge on any atom is -0.310 e. The van der Waals surface area contributed by atoms with Crippen molar-refractivity contribution < 1.29 is 0 Å². The number of likely N-dealkylation sites (tertiary alicyclic amines) is 1. The molecule has 0 aliphatic carbocycles. The number of benzene rings is 1. The fourth-order valence-electron chi connectivity index (χ4n) is 3.25. The van der Waals surface area contributed by atoms with Crippen molar-refractivity contribution in [1.82, 2.24) is 10.2 Å². The third-order valence-corrected chi connectivity index (χ3v) is 4.65. The molecule has 2 aliphatic heterocycles. The van der Waals surface area contributed by atoms with Crippen LogP contribution in [-0.2, 0) is 0 Å². The van der Waals surface area contributed by atoms with E-state index >= 15 is 0 Å². The standard InChI is InChI=1S/C15H21ClN2/c1-18-8-6-12(10-18)13-5-4-11(9-14(13)16)15-3-2-7-17-15/h4-5,9,12,15,17H,2-3,6-8,10H2,1H3. The zero-order valence-corrected chi connectivity index (χ0v) is 11.7. The third kappa shape index (κ3) is 2.42. The van der Waals surface area contributed by atoms with E-state index in [-0.39, 0.29) is 0 Å². The molecule has 1 N–H and O–H groups in total. The van der Waals surface area contributed by atoms with Crippen LogP contribution in [0.3, 0.4) is 0 Å². The second kappa shape index (κ2) is 5.20. The number of likely N-dealkylation sites (N-methyl/N-ethyl adjacent to an activating group) is 1. The largest absolute Gasteiger partial charge is 0.310 e. The van der Waals surface area contributed by atoms with Crippen molar-refractivity contribution in [3.8, 4) is 0 Å². The van der Waals surface area contributed by atoms with Gasteiger partial charge in [0.1, 0.15) is 0 Å². The first-order valence-corrected chi connectivity index (χ1v) is 7.33. The van der Waals surface area contributed by atoms with Crippen LogP contribution in [-0.4, -0.2) is 31.6 Å². The van der Waals surface area contributed by atoms with Crippen LogP contribution in [0.15, 0.2) is 18.2 Å². The highest BCUT2D eigenvalue weighted by molar-refractivity contribution is 6.31. The molecule has 2 unspecified atom stereocenters. The van der Waals surface area contributed by atoms with Crippen LogP contribution in [0.1, 0.15) is 42.3 Å². The summed E-state index contributed by atoms with van der Waals surface area (Å²) in [6.45, 7) is 3.46. The van der Waals surface area contributed by atoms with Crippen molar-refractivity contribution >= 4 is 11.6 Å². The number of hydrogen-bond donors (Lipinski definition) is 1. The van der Waals surface area contributed by atoms with Crippen LogP contribution in [0.2, 0.25) is 5.02 Å². The van der Waals surface area contributed by atoms with E-state index in [0.717, 1.165) is 18.1 Å². The molecule has 2 nitrogen and oxygen atoms in total. The molecule has 2 heterocycles. The van der Waals surface area contributed by atoms with E-state index < -0.39 is 0 Å². The minimum atomic E-state index is 0.516. The van der Waals surface area contributed by atoms with Crippen molar-refractivity contribution in [3.63, 3.8) is 0 Å². The van der Waals surface area contributed by atoms with Crippen LogP contribution in [0.5, 0.6) is 0 Å². The SMILES string of the molecule is CN1CCC(c2ccc(C3CCCN3)cc2Cl)C1. The first kappa shape index (κ1) is 12.5. The maximum Gasteiger partial charge on any atom is 0.0444 e. The molecular formula is C15H21ClN2. The summed E-state index contributed by atoms with van der Waals surface area (Å²) in [5.41, 5.74) is 2.69. The highest BCUT2D eigenvalue weighted by atomic mass is 35.5. The lowest BCUT2D eigenvalue weighted by Gasteiger charge is -2.16. The molecule has 2 aliphatic rings. The van der Waals surface area contributed by atoms with Crippen molar-refractivity contribution in [2.75, 3.05) is 26.7 Å². The Kier molecular flexibility index (Phi) is 3.60. The molecular weight excluding hydrogens is 244 g/mol. The molecule has 2 atom stereocenters. The molecule has 0 aromatic heterocycles. The van der Waals surface area contributed by atoms with Gasteiger partial charge in [-0.1, -0.05) is 23.7 Å². The molecule has 1 aromatic rings. The maximum atomic E-state index is 6.49. The monoisotopic (exact) mass is 264 g/mol. The smallest absolute Gasteiger partial charge is 0.0444 e. The van der Waals surface area contributed by atoms with Gasteiger partial charge in [-0.15, -0.1) is 0 Å². The number of halogens is 1. The van der Waals surface area contributed by atoms with Gasteiger partial charge in [0, 0.05) is 17.6 Å². The molecule has 3 heteroatoms. The Morgan fingerprint density at radius 1 is 1.33 bits per heavy atom. The Labute approximate surface area is 114 Å². The predicted molar refractivity (Wildman–Crippen MR) is 76.3 cm³/mol. The average Bonchev–Trinajstić information content (AvgIpc) is 2.99. The number of rotatable bonds is 2. The molecule has 98 valence electrons. The van der Waals surface area contributed by atoms with E-state index in [1.54, 1.807) is 0 Å². The Hall–Kier alpha value is -0.570. The van der Waals surface area contributed by atoms with Gasteiger partial charge in [-0.25, -0.2) is 0 Å². The summed E-state index contributed by atoms with van der Waals surface area (Å²) in [6, 6.07) is 7.21. The molecule has 18 heavy (non-hydrogen) atoms. The van der Waals surface area contributed by atoms with Crippen LogP contribution < -0.4 is 5.32 Å². The lowest BCUT2D eigenvalue weighted by Crippen LogP contribution is -2.14.